The highest BCUT2D eigenvalue weighted by atomic mass is 16.5. The van der Waals surface area contributed by atoms with Crippen molar-refractivity contribution in [1.82, 2.24) is 20.0 Å². The lowest BCUT2D eigenvalue weighted by Crippen LogP contribution is -2.41. The number of fused-ring (bicyclic) bond motifs is 2. The molecule has 152 valence electrons. The number of carbonyl (C=O) groups is 1. The Labute approximate surface area is 170 Å². The second-order valence-electron chi connectivity index (χ2n) is 7.32. The van der Waals surface area contributed by atoms with Gasteiger partial charge in [0.25, 0.3) is 0 Å². The van der Waals surface area contributed by atoms with Gasteiger partial charge in [0.2, 0.25) is 0 Å². The van der Waals surface area contributed by atoms with Crippen molar-refractivity contribution in [2.75, 3.05) is 20.3 Å². The number of aryl methyl sites for hydroxylation is 2. The number of nitrogens with zero attached hydrogens (tertiary/aromatic N) is 3. The van der Waals surface area contributed by atoms with Crippen LogP contribution in [0.1, 0.15) is 23.2 Å². The van der Waals surface area contributed by atoms with Crippen LogP contribution in [0.15, 0.2) is 36.4 Å². The molecule has 1 aliphatic heterocycles. The van der Waals surface area contributed by atoms with Gasteiger partial charge in [-0.2, -0.15) is 5.10 Å². The summed E-state index contributed by atoms with van der Waals surface area (Å²) in [6.45, 7) is 4.09. The first-order valence-corrected chi connectivity index (χ1v) is 9.80. The van der Waals surface area contributed by atoms with Crippen molar-refractivity contribution in [3.63, 3.8) is 0 Å². The molecule has 2 amide bonds. The van der Waals surface area contributed by atoms with Crippen molar-refractivity contribution in [3.8, 4) is 11.5 Å². The number of hydrogen-bond donors (Lipinski definition) is 1. The van der Waals surface area contributed by atoms with E-state index in [1.54, 1.807) is 7.11 Å². The highest BCUT2D eigenvalue weighted by molar-refractivity contribution is 5.83. The van der Waals surface area contributed by atoms with E-state index in [0.717, 1.165) is 34.3 Å². The Hall–Kier alpha value is -3.22. The maximum absolute atomic E-state index is 12.9. The summed E-state index contributed by atoms with van der Waals surface area (Å²) in [7, 11) is 3.55. The molecule has 0 saturated heterocycles. The number of carbonyl (C=O) groups excluding carboxylic acids is 1. The summed E-state index contributed by atoms with van der Waals surface area (Å²) in [5.41, 5.74) is 4.05. The Balaban J connectivity index is 1.50. The average molecular weight is 394 g/mol. The van der Waals surface area contributed by atoms with Crippen LogP contribution in [0.2, 0.25) is 0 Å². The Morgan fingerprint density at radius 3 is 3.00 bits per heavy atom. The van der Waals surface area contributed by atoms with E-state index in [9.17, 15) is 4.79 Å². The minimum absolute atomic E-state index is 0.105. The molecule has 0 saturated carbocycles. The van der Waals surface area contributed by atoms with Crippen LogP contribution >= 0.6 is 0 Å². The van der Waals surface area contributed by atoms with Gasteiger partial charge in [-0.05, 0) is 31.5 Å². The van der Waals surface area contributed by atoms with Gasteiger partial charge < -0.3 is 19.7 Å². The fourth-order valence-corrected chi connectivity index (χ4v) is 3.75. The van der Waals surface area contributed by atoms with E-state index in [2.05, 4.69) is 35.5 Å². The normalized spacial score (nSPS) is 14.0. The number of rotatable bonds is 3. The van der Waals surface area contributed by atoms with Crippen LogP contribution in [0.3, 0.4) is 0 Å². The molecule has 2 aromatic carbocycles. The lowest BCUT2D eigenvalue weighted by atomic mass is 10.1. The minimum atomic E-state index is -0.105. The van der Waals surface area contributed by atoms with Crippen LogP contribution < -0.4 is 14.8 Å². The van der Waals surface area contributed by atoms with Gasteiger partial charge in [0, 0.05) is 24.5 Å². The van der Waals surface area contributed by atoms with Crippen LogP contribution in [0.5, 0.6) is 11.5 Å². The molecule has 7 nitrogen and oxygen atoms in total. The largest absolute Gasteiger partial charge is 0.493 e. The number of hydrogen-bond acceptors (Lipinski definition) is 4. The van der Waals surface area contributed by atoms with Crippen molar-refractivity contribution in [2.45, 2.75) is 26.4 Å². The first-order valence-electron chi connectivity index (χ1n) is 9.80. The zero-order chi connectivity index (χ0) is 20.4. The van der Waals surface area contributed by atoms with Crippen LogP contribution in [0.25, 0.3) is 10.9 Å². The molecule has 1 aliphatic rings. The van der Waals surface area contributed by atoms with E-state index in [1.165, 1.54) is 5.56 Å². The molecule has 0 aliphatic carbocycles. The number of nitrogens with one attached hydrogen (secondary N) is 1. The zero-order valence-electron chi connectivity index (χ0n) is 17.1. The maximum Gasteiger partial charge on any atom is 0.318 e. The van der Waals surface area contributed by atoms with Crippen molar-refractivity contribution >= 4 is 16.9 Å². The van der Waals surface area contributed by atoms with Gasteiger partial charge in [-0.3, -0.25) is 4.68 Å². The number of amides is 2. The third kappa shape index (κ3) is 3.85. The molecular weight excluding hydrogens is 368 g/mol. The van der Waals surface area contributed by atoms with E-state index >= 15 is 0 Å². The Kier molecular flexibility index (Phi) is 5.29. The highest BCUT2D eigenvalue weighted by Crippen LogP contribution is 2.33. The van der Waals surface area contributed by atoms with Crippen LogP contribution in [0, 0.1) is 6.92 Å². The standard InChI is InChI=1S/C22H26N4O3/c1-15-8-9-19-17(12-15)18(24-25(19)2)13-23-22(27)26-10-5-11-29-21-16(14-26)6-4-7-20(21)28-3/h4,6-9,12H,5,10-11,13-14H2,1-3H3,(H,23,27). The van der Waals surface area contributed by atoms with Gasteiger partial charge in [0.05, 0.1) is 38.0 Å². The van der Waals surface area contributed by atoms with E-state index in [4.69, 9.17) is 9.47 Å². The van der Waals surface area contributed by atoms with Gasteiger partial charge in [0.15, 0.2) is 11.5 Å². The van der Waals surface area contributed by atoms with Gasteiger partial charge in [-0.25, -0.2) is 4.79 Å². The smallest absolute Gasteiger partial charge is 0.318 e. The Morgan fingerprint density at radius 2 is 2.17 bits per heavy atom. The molecule has 0 unspecified atom stereocenters. The van der Waals surface area contributed by atoms with E-state index in [0.29, 0.717) is 32.0 Å². The number of urea groups is 1. The predicted molar refractivity (Wildman–Crippen MR) is 111 cm³/mol. The van der Waals surface area contributed by atoms with Crippen molar-refractivity contribution in [3.05, 3.63) is 53.2 Å². The van der Waals surface area contributed by atoms with Gasteiger partial charge in [-0.1, -0.05) is 23.8 Å². The molecule has 2 heterocycles. The molecule has 1 N–H and O–H groups in total. The van der Waals surface area contributed by atoms with Crippen molar-refractivity contribution in [2.24, 2.45) is 7.05 Å². The monoisotopic (exact) mass is 394 g/mol. The van der Waals surface area contributed by atoms with Gasteiger partial charge >= 0.3 is 6.03 Å². The quantitative estimate of drug-likeness (QED) is 0.739. The van der Waals surface area contributed by atoms with E-state index in [1.807, 2.05) is 34.8 Å². The molecule has 29 heavy (non-hydrogen) atoms. The Morgan fingerprint density at radius 1 is 1.31 bits per heavy atom. The number of benzene rings is 2. The average Bonchev–Trinajstić information content (AvgIpc) is 3.01. The predicted octanol–water partition coefficient (Wildman–Crippen LogP) is 3.38. The van der Waals surface area contributed by atoms with Crippen molar-refractivity contribution in [1.29, 1.82) is 0 Å². The third-order valence-corrected chi connectivity index (χ3v) is 5.24. The lowest BCUT2D eigenvalue weighted by Gasteiger charge is -2.27. The number of aromatic nitrogens is 2. The molecule has 1 aromatic heterocycles. The van der Waals surface area contributed by atoms with Crippen LogP contribution in [-0.2, 0) is 20.1 Å². The maximum atomic E-state index is 12.9. The fourth-order valence-electron chi connectivity index (χ4n) is 3.75. The molecule has 0 fully saturated rings. The summed E-state index contributed by atoms with van der Waals surface area (Å²) < 4.78 is 13.1. The first kappa shape index (κ1) is 19.1. The van der Waals surface area contributed by atoms with Gasteiger partial charge in [0.1, 0.15) is 0 Å². The molecular formula is C22H26N4O3. The van der Waals surface area contributed by atoms with Crippen LogP contribution in [-0.4, -0.2) is 41.0 Å². The SMILES string of the molecule is COc1cccc2c1OCCCN(C(=O)NCc1nn(C)c3ccc(C)cc13)C2. The summed E-state index contributed by atoms with van der Waals surface area (Å²) in [4.78, 5) is 14.7. The molecule has 4 rings (SSSR count). The zero-order valence-corrected chi connectivity index (χ0v) is 17.1. The van der Waals surface area contributed by atoms with E-state index < -0.39 is 0 Å². The Bertz CT molecular complexity index is 1040. The second kappa shape index (κ2) is 8.03. The summed E-state index contributed by atoms with van der Waals surface area (Å²) in [5, 5.41) is 8.70. The minimum Gasteiger partial charge on any atom is -0.493 e. The number of methoxy groups -OCH3 is 1. The highest BCUT2D eigenvalue weighted by Gasteiger charge is 2.21. The van der Waals surface area contributed by atoms with Crippen LogP contribution in [0.4, 0.5) is 4.79 Å². The molecule has 0 bridgehead atoms. The summed E-state index contributed by atoms with van der Waals surface area (Å²) in [6, 6.07) is 11.9. The van der Waals surface area contributed by atoms with E-state index in [-0.39, 0.29) is 6.03 Å². The second-order valence-corrected chi connectivity index (χ2v) is 7.32. The van der Waals surface area contributed by atoms with Crippen molar-refractivity contribution < 1.29 is 14.3 Å². The molecule has 0 radical (unpaired) electrons. The lowest BCUT2D eigenvalue weighted by molar-refractivity contribution is 0.179. The molecule has 3 aromatic rings. The first-order chi connectivity index (χ1) is 14.1. The third-order valence-electron chi connectivity index (χ3n) is 5.24. The summed E-state index contributed by atoms with van der Waals surface area (Å²) in [5.74, 6) is 1.42. The number of para-hydroxylation sites is 1. The molecule has 0 atom stereocenters. The topological polar surface area (TPSA) is 68.6 Å². The summed E-state index contributed by atoms with van der Waals surface area (Å²) in [6.07, 6.45) is 0.761. The summed E-state index contributed by atoms with van der Waals surface area (Å²) >= 11 is 0. The van der Waals surface area contributed by atoms with Gasteiger partial charge in [-0.15, -0.1) is 0 Å². The molecule has 0 spiro atoms. The molecule has 7 heteroatoms. The fraction of sp³-hybridized carbons (Fsp3) is 0.364. The number of ether oxygens (including phenoxy) is 2.